The monoisotopic (exact) mass is 421 g/mol. The summed E-state index contributed by atoms with van der Waals surface area (Å²) in [7, 11) is 2.99. The molecule has 1 N–H and O–H groups in total. The highest BCUT2D eigenvalue weighted by Gasteiger charge is 2.35. The van der Waals surface area contributed by atoms with E-state index < -0.39 is 11.5 Å². The maximum Gasteiger partial charge on any atom is 0.329 e. The van der Waals surface area contributed by atoms with Crippen LogP contribution in [0.2, 0.25) is 0 Å². The number of carbonyl (C=O) groups is 1. The second-order valence-corrected chi connectivity index (χ2v) is 7.41. The number of aryl methyl sites for hydroxylation is 1. The van der Waals surface area contributed by atoms with E-state index in [2.05, 4.69) is 15.5 Å². The van der Waals surface area contributed by atoms with Gasteiger partial charge in [-0.05, 0) is 31.2 Å². The van der Waals surface area contributed by atoms with Crippen molar-refractivity contribution in [3.63, 3.8) is 0 Å². The molecule has 0 aliphatic carbocycles. The maximum atomic E-state index is 12.6. The summed E-state index contributed by atoms with van der Waals surface area (Å²) < 4.78 is 14.1. The molecule has 2 aromatic carbocycles. The number of hydrogen-bond donors (Lipinski definition) is 1. The van der Waals surface area contributed by atoms with E-state index in [0.717, 1.165) is 0 Å². The van der Waals surface area contributed by atoms with Gasteiger partial charge in [-0.15, -0.1) is 10.2 Å². The van der Waals surface area contributed by atoms with Crippen molar-refractivity contribution in [3.05, 3.63) is 70.8 Å². The van der Waals surface area contributed by atoms with E-state index in [1.54, 1.807) is 24.4 Å². The van der Waals surface area contributed by atoms with Gasteiger partial charge in [0, 0.05) is 7.05 Å². The fourth-order valence-corrected chi connectivity index (χ4v) is 3.43. The normalized spacial score (nSPS) is 13.3. The topological polar surface area (TPSA) is 99.8 Å². The van der Waals surface area contributed by atoms with E-state index in [0.29, 0.717) is 28.3 Å². The van der Waals surface area contributed by atoms with Crippen LogP contribution in [0.3, 0.4) is 0 Å². The Morgan fingerprint density at radius 3 is 2.55 bits per heavy atom. The largest absolute Gasteiger partial charge is 0.491 e. The Balaban J connectivity index is 1.66. The highest BCUT2D eigenvalue weighted by molar-refractivity contribution is 5.81. The molecule has 0 spiro atoms. The zero-order valence-corrected chi connectivity index (χ0v) is 17.5. The molecule has 1 unspecified atom stereocenters. The van der Waals surface area contributed by atoms with Crippen molar-refractivity contribution < 1.29 is 14.3 Å². The minimum absolute atomic E-state index is 0.0552. The van der Waals surface area contributed by atoms with E-state index >= 15 is 0 Å². The second-order valence-electron chi connectivity index (χ2n) is 7.41. The third-order valence-corrected chi connectivity index (χ3v) is 5.24. The van der Waals surface area contributed by atoms with Crippen LogP contribution >= 0.6 is 0 Å². The first-order chi connectivity index (χ1) is 14.9. The molecule has 160 valence electrons. The highest BCUT2D eigenvalue weighted by atomic mass is 16.5. The van der Waals surface area contributed by atoms with Crippen LogP contribution < -0.4 is 15.6 Å². The second kappa shape index (κ2) is 8.19. The Labute approximate surface area is 178 Å². The molecule has 2 aromatic heterocycles. The van der Waals surface area contributed by atoms with Gasteiger partial charge in [0.1, 0.15) is 17.9 Å². The number of fused-ring (bicyclic) bond motifs is 3. The van der Waals surface area contributed by atoms with Gasteiger partial charge in [0.25, 0.3) is 5.56 Å². The zero-order valence-electron chi connectivity index (χ0n) is 17.5. The number of benzene rings is 2. The molecule has 2 heterocycles. The lowest BCUT2D eigenvalue weighted by Crippen LogP contribution is -2.54. The molecular weight excluding hydrogens is 398 g/mol. The number of hydrogen-bond acceptors (Lipinski definition) is 7. The van der Waals surface area contributed by atoms with Crippen LogP contribution in [-0.2, 0) is 23.1 Å². The van der Waals surface area contributed by atoms with E-state index in [9.17, 15) is 9.59 Å². The zero-order chi connectivity index (χ0) is 22.0. The van der Waals surface area contributed by atoms with E-state index in [1.165, 1.54) is 11.7 Å². The predicted octanol–water partition coefficient (Wildman–Crippen LogP) is 1.68. The van der Waals surface area contributed by atoms with Crippen LogP contribution in [0.25, 0.3) is 16.7 Å². The number of aromatic nitrogens is 4. The molecule has 31 heavy (non-hydrogen) atoms. The third-order valence-electron chi connectivity index (χ3n) is 5.24. The van der Waals surface area contributed by atoms with Gasteiger partial charge in [0.05, 0.1) is 24.6 Å². The van der Waals surface area contributed by atoms with Gasteiger partial charge in [0.15, 0.2) is 5.82 Å². The van der Waals surface area contributed by atoms with Crippen molar-refractivity contribution in [2.75, 3.05) is 13.7 Å². The molecule has 0 aliphatic heterocycles. The van der Waals surface area contributed by atoms with Crippen molar-refractivity contribution in [2.24, 2.45) is 7.05 Å². The van der Waals surface area contributed by atoms with Gasteiger partial charge in [-0.2, -0.15) is 0 Å². The lowest BCUT2D eigenvalue weighted by Gasteiger charge is -2.27. The number of esters is 1. The molecule has 4 aromatic rings. The minimum Gasteiger partial charge on any atom is -0.491 e. The Morgan fingerprint density at radius 1 is 1.10 bits per heavy atom. The Kier molecular flexibility index (Phi) is 5.43. The predicted molar refractivity (Wildman–Crippen MR) is 115 cm³/mol. The third kappa shape index (κ3) is 3.75. The molecule has 0 amide bonds. The molecule has 4 rings (SSSR count). The maximum absolute atomic E-state index is 12.6. The summed E-state index contributed by atoms with van der Waals surface area (Å²) in [6, 6.07) is 16.5. The summed E-state index contributed by atoms with van der Waals surface area (Å²) in [5.74, 6) is 1.15. The highest BCUT2D eigenvalue weighted by Crippen LogP contribution is 2.17. The van der Waals surface area contributed by atoms with Crippen molar-refractivity contribution in [3.8, 4) is 5.75 Å². The van der Waals surface area contributed by atoms with Crippen LogP contribution in [0.15, 0.2) is 59.4 Å². The SMILES string of the molecule is COC(=O)C(C)(COc1ccccc1)NCc1nnc2n(C)c(=O)c3ccccc3n12. The quantitative estimate of drug-likeness (QED) is 0.453. The average molecular weight is 421 g/mol. The number of ether oxygens (including phenoxy) is 2. The molecule has 9 heteroatoms. The molecule has 1 atom stereocenters. The molecule has 0 bridgehead atoms. The van der Waals surface area contributed by atoms with Crippen LogP contribution in [0.1, 0.15) is 12.7 Å². The van der Waals surface area contributed by atoms with Crippen molar-refractivity contribution in [1.82, 2.24) is 24.5 Å². The summed E-state index contributed by atoms with van der Waals surface area (Å²) in [4.78, 5) is 25.1. The molecule has 9 nitrogen and oxygen atoms in total. The smallest absolute Gasteiger partial charge is 0.329 e. The molecule has 0 fully saturated rings. The first-order valence-corrected chi connectivity index (χ1v) is 9.77. The molecule has 0 aliphatic rings. The Hall–Kier alpha value is -3.72. The van der Waals surface area contributed by atoms with Crippen molar-refractivity contribution in [2.45, 2.75) is 19.0 Å². The fraction of sp³-hybridized carbons (Fsp3) is 0.273. The van der Waals surface area contributed by atoms with Crippen LogP contribution in [0, 0.1) is 0 Å². The molecule has 0 radical (unpaired) electrons. The summed E-state index contributed by atoms with van der Waals surface area (Å²) in [6.45, 7) is 1.96. The van der Waals surface area contributed by atoms with E-state index in [-0.39, 0.29) is 18.7 Å². The number of rotatable bonds is 7. The van der Waals surface area contributed by atoms with E-state index in [1.807, 2.05) is 48.5 Å². The lowest BCUT2D eigenvalue weighted by molar-refractivity contribution is -0.149. The molecule has 0 saturated carbocycles. The number of nitrogens with one attached hydrogen (secondary N) is 1. The molecular formula is C22H23N5O4. The van der Waals surface area contributed by atoms with Gasteiger partial charge in [-0.3, -0.25) is 19.1 Å². The first kappa shape index (κ1) is 20.5. The van der Waals surface area contributed by atoms with E-state index in [4.69, 9.17) is 9.47 Å². The van der Waals surface area contributed by atoms with Gasteiger partial charge < -0.3 is 9.47 Å². The van der Waals surface area contributed by atoms with Crippen molar-refractivity contribution >= 4 is 22.6 Å². The Morgan fingerprint density at radius 2 is 1.81 bits per heavy atom. The Bertz CT molecular complexity index is 1300. The number of carbonyl (C=O) groups excluding carboxylic acids is 1. The first-order valence-electron chi connectivity index (χ1n) is 9.77. The number of methoxy groups -OCH3 is 1. The van der Waals surface area contributed by atoms with Crippen molar-refractivity contribution in [1.29, 1.82) is 0 Å². The minimum atomic E-state index is -1.13. The van der Waals surface area contributed by atoms with Gasteiger partial charge >= 0.3 is 5.97 Å². The standard InChI is InChI=1S/C22H23N5O4/c1-22(20(29)30-3,14-31-15-9-5-4-6-10-15)23-13-18-24-25-21-26(2)19(28)16-11-7-8-12-17(16)27(18)21/h4-12,23H,13-14H2,1-3H3. The average Bonchev–Trinajstić information content (AvgIpc) is 3.24. The summed E-state index contributed by atoms with van der Waals surface area (Å²) >= 11 is 0. The lowest BCUT2D eigenvalue weighted by atomic mass is 10.0. The van der Waals surface area contributed by atoms with Gasteiger partial charge in [-0.25, -0.2) is 4.79 Å². The van der Waals surface area contributed by atoms with Crippen LogP contribution in [-0.4, -0.2) is 44.4 Å². The van der Waals surface area contributed by atoms with Gasteiger partial charge in [-0.1, -0.05) is 30.3 Å². The fourth-order valence-electron chi connectivity index (χ4n) is 3.43. The molecule has 0 saturated heterocycles. The summed E-state index contributed by atoms with van der Waals surface area (Å²) in [5, 5.41) is 12.2. The summed E-state index contributed by atoms with van der Waals surface area (Å²) in [5.41, 5.74) is -0.583. The number of para-hydroxylation sites is 2. The summed E-state index contributed by atoms with van der Waals surface area (Å²) in [6.07, 6.45) is 0. The van der Waals surface area contributed by atoms with Crippen LogP contribution in [0.4, 0.5) is 0 Å². The van der Waals surface area contributed by atoms with Crippen LogP contribution in [0.5, 0.6) is 5.75 Å². The number of nitrogens with zero attached hydrogens (tertiary/aromatic N) is 4. The van der Waals surface area contributed by atoms with Gasteiger partial charge in [0.2, 0.25) is 5.78 Å².